The van der Waals surface area contributed by atoms with Crippen LogP contribution in [0.2, 0.25) is 0 Å². The fraction of sp³-hybridized carbons (Fsp3) is 0.727. The third kappa shape index (κ3) is 11.8. The van der Waals surface area contributed by atoms with E-state index in [1.165, 1.54) is 89.0 Å². The Balaban J connectivity index is 1.75. The van der Waals surface area contributed by atoms with Crippen LogP contribution < -0.4 is 0 Å². The summed E-state index contributed by atoms with van der Waals surface area (Å²) in [4.78, 5) is 0. The Morgan fingerprint density at radius 2 is 1.05 bits per heavy atom. The number of unbranched alkanes of at least 4 members (excludes halogenated alkanes) is 10. The van der Waals surface area contributed by atoms with Gasteiger partial charge in [-0.3, -0.25) is 0 Å². The molecule has 0 saturated carbocycles. The van der Waals surface area contributed by atoms with Crippen molar-refractivity contribution in [1.29, 1.82) is 0 Å². The van der Waals surface area contributed by atoms with Crippen molar-refractivity contribution in [2.45, 2.75) is 97.3 Å². The first-order valence-corrected chi connectivity index (χ1v) is 9.83. The first kappa shape index (κ1) is 19.3. The van der Waals surface area contributed by atoms with E-state index in [9.17, 15) is 0 Å². The lowest BCUT2D eigenvalue weighted by atomic mass is 10.0. The molecule has 0 saturated heterocycles. The van der Waals surface area contributed by atoms with Gasteiger partial charge in [-0.25, -0.2) is 0 Å². The molecular formula is C22H38. The summed E-state index contributed by atoms with van der Waals surface area (Å²) in [5.74, 6) is 0.891. The van der Waals surface area contributed by atoms with Crippen LogP contribution in [0.4, 0.5) is 0 Å². The summed E-state index contributed by atoms with van der Waals surface area (Å²) in [5, 5.41) is 0. The second-order valence-electron chi connectivity index (χ2n) is 7.31. The van der Waals surface area contributed by atoms with Crippen LogP contribution in [0.5, 0.6) is 0 Å². The molecule has 0 nitrogen and oxygen atoms in total. The highest BCUT2D eigenvalue weighted by Gasteiger charge is 1.96. The molecule has 126 valence electrons. The maximum Gasteiger partial charge on any atom is -0.0279 e. The predicted molar refractivity (Wildman–Crippen MR) is 100 cm³/mol. The lowest BCUT2D eigenvalue weighted by molar-refractivity contribution is 0.504. The van der Waals surface area contributed by atoms with E-state index in [0.717, 1.165) is 5.92 Å². The van der Waals surface area contributed by atoms with Crippen molar-refractivity contribution < 1.29 is 0 Å². The second kappa shape index (κ2) is 13.9. The highest BCUT2D eigenvalue weighted by atomic mass is 14.0. The van der Waals surface area contributed by atoms with Gasteiger partial charge in [0.2, 0.25) is 0 Å². The minimum absolute atomic E-state index is 0.891. The number of aryl methyl sites for hydroxylation is 1. The molecule has 1 aromatic carbocycles. The van der Waals surface area contributed by atoms with Crippen LogP contribution in [0, 0.1) is 5.92 Å². The topological polar surface area (TPSA) is 0 Å². The molecule has 0 fully saturated rings. The number of hydrogen-bond donors (Lipinski definition) is 0. The summed E-state index contributed by atoms with van der Waals surface area (Å²) >= 11 is 0. The van der Waals surface area contributed by atoms with Crippen LogP contribution in [-0.2, 0) is 6.42 Å². The predicted octanol–water partition coefficient (Wildman–Crippen LogP) is 7.57. The van der Waals surface area contributed by atoms with Crippen LogP contribution in [0.25, 0.3) is 0 Å². The Morgan fingerprint density at radius 1 is 0.591 bits per heavy atom. The van der Waals surface area contributed by atoms with Gasteiger partial charge in [0.1, 0.15) is 0 Å². The van der Waals surface area contributed by atoms with Gasteiger partial charge in [-0.2, -0.15) is 0 Å². The average Bonchev–Trinajstić information content (AvgIpc) is 2.52. The van der Waals surface area contributed by atoms with E-state index in [2.05, 4.69) is 44.2 Å². The third-order valence-corrected chi connectivity index (χ3v) is 4.59. The zero-order valence-electron chi connectivity index (χ0n) is 15.2. The zero-order chi connectivity index (χ0) is 15.9. The van der Waals surface area contributed by atoms with Crippen LogP contribution in [0.15, 0.2) is 30.3 Å². The fourth-order valence-electron chi connectivity index (χ4n) is 3.12. The molecule has 0 amide bonds. The number of rotatable bonds is 14. The molecule has 0 bridgehead atoms. The molecule has 0 aliphatic rings. The Hall–Kier alpha value is -0.780. The molecule has 0 radical (unpaired) electrons. The van der Waals surface area contributed by atoms with Crippen molar-refractivity contribution in [2.75, 3.05) is 0 Å². The Morgan fingerprint density at radius 3 is 1.55 bits per heavy atom. The van der Waals surface area contributed by atoms with Crippen molar-refractivity contribution in [3.8, 4) is 0 Å². The highest BCUT2D eigenvalue weighted by Crippen LogP contribution is 2.14. The Labute approximate surface area is 139 Å². The van der Waals surface area contributed by atoms with Crippen LogP contribution >= 0.6 is 0 Å². The summed E-state index contributed by atoms with van der Waals surface area (Å²) in [7, 11) is 0. The van der Waals surface area contributed by atoms with E-state index >= 15 is 0 Å². The third-order valence-electron chi connectivity index (χ3n) is 4.59. The van der Waals surface area contributed by atoms with E-state index in [0.29, 0.717) is 0 Å². The highest BCUT2D eigenvalue weighted by molar-refractivity contribution is 5.14. The molecule has 22 heavy (non-hydrogen) atoms. The minimum Gasteiger partial charge on any atom is -0.0628 e. The first-order chi connectivity index (χ1) is 10.8. The number of benzene rings is 1. The Bertz CT molecular complexity index is 325. The number of hydrogen-bond acceptors (Lipinski definition) is 0. The van der Waals surface area contributed by atoms with E-state index < -0.39 is 0 Å². The molecule has 0 aliphatic carbocycles. The fourth-order valence-corrected chi connectivity index (χ4v) is 3.12. The summed E-state index contributed by atoms with van der Waals surface area (Å²) in [6.07, 6.45) is 18.5. The maximum absolute atomic E-state index is 2.33. The average molecular weight is 303 g/mol. The van der Waals surface area contributed by atoms with Gasteiger partial charge in [0, 0.05) is 0 Å². The normalized spacial score (nSPS) is 11.2. The van der Waals surface area contributed by atoms with Crippen molar-refractivity contribution in [2.24, 2.45) is 5.92 Å². The van der Waals surface area contributed by atoms with Gasteiger partial charge in [0.15, 0.2) is 0 Å². The SMILES string of the molecule is CC(C)CCCCCCCCCCCCCc1ccccc1. The summed E-state index contributed by atoms with van der Waals surface area (Å²) in [6, 6.07) is 10.9. The summed E-state index contributed by atoms with van der Waals surface area (Å²) in [6.45, 7) is 4.67. The molecule has 0 heterocycles. The van der Waals surface area contributed by atoms with E-state index in [-0.39, 0.29) is 0 Å². The molecule has 0 N–H and O–H groups in total. The van der Waals surface area contributed by atoms with Crippen LogP contribution in [0.3, 0.4) is 0 Å². The molecule has 1 aromatic rings. The van der Waals surface area contributed by atoms with E-state index in [1.54, 1.807) is 0 Å². The zero-order valence-corrected chi connectivity index (χ0v) is 15.2. The van der Waals surface area contributed by atoms with Gasteiger partial charge in [-0.1, -0.05) is 115 Å². The largest absolute Gasteiger partial charge is 0.0628 e. The smallest absolute Gasteiger partial charge is 0.0279 e. The molecule has 0 atom stereocenters. The van der Waals surface area contributed by atoms with Gasteiger partial charge in [0.25, 0.3) is 0 Å². The standard InChI is InChI=1S/C22H38/c1-21(2)17-13-10-8-6-4-3-5-7-9-11-14-18-22-19-15-12-16-20-22/h12,15-16,19-21H,3-11,13-14,17-18H2,1-2H3. The summed E-state index contributed by atoms with van der Waals surface area (Å²) < 4.78 is 0. The van der Waals surface area contributed by atoms with Crippen molar-refractivity contribution in [1.82, 2.24) is 0 Å². The maximum atomic E-state index is 2.33. The van der Waals surface area contributed by atoms with Crippen LogP contribution in [0.1, 0.15) is 96.5 Å². The summed E-state index contributed by atoms with van der Waals surface area (Å²) in [5.41, 5.74) is 1.50. The molecule has 0 aromatic heterocycles. The molecular weight excluding hydrogens is 264 g/mol. The Kier molecular flexibility index (Phi) is 12.1. The first-order valence-electron chi connectivity index (χ1n) is 9.83. The minimum atomic E-state index is 0.891. The van der Waals surface area contributed by atoms with Gasteiger partial charge in [-0.15, -0.1) is 0 Å². The van der Waals surface area contributed by atoms with Gasteiger partial charge in [-0.05, 0) is 24.3 Å². The van der Waals surface area contributed by atoms with Crippen molar-refractivity contribution in [3.63, 3.8) is 0 Å². The molecule has 0 aliphatic heterocycles. The molecule has 0 unspecified atom stereocenters. The van der Waals surface area contributed by atoms with Crippen LogP contribution in [-0.4, -0.2) is 0 Å². The van der Waals surface area contributed by atoms with Crippen molar-refractivity contribution >= 4 is 0 Å². The second-order valence-corrected chi connectivity index (χ2v) is 7.31. The van der Waals surface area contributed by atoms with Crippen molar-refractivity contribution in [3.05, 3.63) is 35.9 Å². The lowest BCUT2D eigenvalue weighted by Crippen LogP contribution is -1.87. The molecule has 1 rings (SSSR count). The quantitative estimate of drug-likeness (QED) is 0.311. The molecule has 0 spiro atoms. The van der Waals surface area contributed by atoms with Gasteiger partial charge in [0.05, 0.1) is 0 Å². The molecule has 0 heteroatoms. The van der Waals surface area contributed by atoms with Gasteiger partial charge < -0.3 is 0 Å². The van der Waals surface area contributed by atoms with E-state index in [4.69, 9.17) is 0 Å². The lowest BCUT2D eigenvalue weighted by Gasteiger charge is -2.05. The monoisotopic (exact) mass is 302 g/mol. The van der Waals surface area contributed by atoms with Gasteiger partial charge >= 0.3 is 0 Å². The van der Waals surface area contributed by atoms with E-state index in [1.807, 2.05) is 0 Å².